The average molecular weight is 358 g/mol. The summed E-state index contributed by atoms with van der Waals surface area (Å²) in [5, 5.41) is 3.23. The maximum Gasteiger partial charge on any atom is 0.317 e. The SMILES string of the molecule is CC(C)c1cccc(C(C)C)c1N1CCN(C(=O)NC2CCCC2)CC1. The third-order valence-electron chi connectivity index (χ3n) is 5.91. The Balaban J connectivity index is 1.68. The molecule has 1 aliphatic carbocycles. The molecule has 3 rings (SSSR count). The lowest BCUT2D eigenvalue weighted by Gasteiger charge is -2.39. The van der Waals surface area contributed by atoms with Crippen molar-refractivity contribution in [3.63, 3.8) is 0 Å². The molecule has 2 fully saturated rings. The first kappa shape index (κ1) is 19.1. The molecule has 1 aromatic rings. The minimum Gasteiger partial charge on any atom is -0.368 e. The van der Waals surface area contributed by atoms with E-state index < -0.39 is 0 Å². The van der Waals surface area contributed by atoms with E-state index in [2.05, 4.69) is 56.1 Å². The van der Waals surface area contributed by atoms with Crippen molar-refractivity contribution in [2.24, 2.45) is 0 Å². The van der Waals surface area contributed by atoms with Gasteiger partial charge in [-0.15, -0.1) is 0 Å². The highest BCUT2D eigenvalue weighted by atomic mass is 16.2. The van der Waals surface area contributed by atoms with E-state index in [0.717, 1.165) is 39.0 Å². The maximum atomic E-state index is 12.5. The van der Waals surface area contributed by atoms with Crippen LogP contribution in [0.25, 0.3) is 0 Å². The van der Waals surface area contributed by atoms with Gasteiger partial charge in [0.2, 0.25) is 0 Å². The zero-order valence-corrected chi connectivity index (χ0v) is 16.9. The van der Waals surface area contributed by atoms with Crippen LogP contribution in [-0.4, -0.2) is 43.2 Å². The Morgan fingerprint density at radius 3 is 2.00 bits per heavy atom. The van der Waals surface area contributed by atoms with E-state index in [-0.39, 0.29) is 6.03 Å². The molecule has 1 N–H and O–H groups in total. The number of anilines is 1. The first-order chi connectivity index (χ1) is 12.5. The molecule has 2 amide bonds. The van der Waals surface area contributed by atoms with Gasteiger partial charge in [0.1, 0.15) is 0 Å². The minimum atomic E-state index is 0.137. The fraction of sp³-hybridized carbons (Fsp3) is 0.682. The molecule has 144 valence electrons. The maximum absolute atomic E-state index is 12.5. The highest BCUT2D eigenvalue weighted by Gasteiger charge is 2.27. The molecule has 0 atom stereocenters. The number of hydrogen-bond acceptors (Lipinski definition) is 2. The van der Waals surface area contributed by atoms with Gasteiger partial charge in [0.25, 0.3) is 0 Å². The smallest absolute Gasteiger partial charge is 0.317 e. The van der Waals surface area contributed by atoms with Crippen LogP contribution in [0, 0.1) is 0 Å². The Hall–Kier alpha value is -1.71. The molecule has 0 unspecified atom stereocenters. The predicted molar refractivity (Wildman–Crippen MR) is 109 cm³/mol. The number of nitrogens with one attached hydrogen (secondary N) is 1. The van der Waals surface area contributed by atoms with E-state index >= 15 is 0 Å². The number of carbonyl (C=O) groups excluding carboxylic acids is 1. The van der Waals surface area contributed by atoms with Crippen LogP contribution in [0.15, 0.2) is 18.2 Å². The molecule has 0 spiro atoms. The average Bonchev–Trinajstić information content (AvgIpc) is 3.14. The largest absolute Gasteiger partial charge is 0.368 e. The van der Waals surface area contributed by atoms with Gasteiger partial charge in [0.05, 0.1) is 0 Å². The van der Waals surface area contributed by atoms with Crippen LogP contribution in [-0.2, 0) is 0 Å². The van der Waals surface area contributed by atoms with Gasteiger partial charge in [-0.1, -0.05) is 58.7 Å². The summed E-state index contributed by atoms with van der Waals surface area (Å²) in [6.07, 6.45) is 4.79. The van der Waals surface area contributed by atoms with Crippen LogP contribution in [0.5, 0.6) is 0 Å². The van der Waals surface area contributed by atoms with Gasteiger partial charge in [0.15, 0.2) is 0 Å². The molecular weight excluding hydrogens is 322 g/mol. The molecule has 4 nitrogen and oxygen atoms in total. The highest BCUT2D eigenvalue weighted by Crippen LogP contribution is 2.35. The number of rotatable bonds is 4. The number of piperazine rings is 1. The molecular formula is C22H35N3O. The zero-order chi connectivity index (χ0) is 18.7. The summed E-state index contributed by atoms with van der Waals surface area (Å²) in [6.45, 7) is 12.5. The molecule has 1 saturated heterocycles. The lowest BCUT2D eigenvalue weighted by molar-refractivity contribution is 0.190. The van der Waals surface area contributed by atoms with Crippen molar-refractivity contribution in [3.05, 3.63) is 29.3 Å². The third kappa shape index (κ3) is 4.16. The summed E-state index contributed by atoms with van der Waals surface area (Å²) < 4.78 is 0. The standard InChI is InChI=1S/C22H35N3O/c1-16(2)19-10-7-11-20(17(3)4)21(19)24-12-14-25(15-13-24)22(26)23-18-8-5-6-9-18/h7,10-11,16-18H,5-6,8-9,12-15H2,1-4H3,(H,23,26). The monoisotopic (exact) mass is 357 g/mol. The van der Waals surface area contributed by atoms with Crippen molar-refractivity contribution >= 4 is 11.7 Å². The fourth-order valence-corrected chi connectivity index (χ4v) is 4.35. The molecule has 2 aliphatic rings. The second-order valence-corrected chi connectivity index (χ2v) is 8.50. The molecule has 0 bridgehead atoms. The normalized spacial score (nSPS) is 18.8. The van der Waals surface area contributed by atoms with Crippen LogP contribution in [0.1, 0.15) is 76.3 Å². The lowest BCUT2D eigenvalue weighted by Crippen LogP contribution is -2.53. The molecule has 26 heavy (non-hydrogen) atoms. The van der Waals surface area contributed by atoms with Crippen molar-refractivity contribution in [2.45, 2.75) is 71.3 Å². The molecule has 1 aromatic carbocycles. The molecule has 1 heterocycles. The van der Waals surface area contributed by atoms with Crippen LogP contribution in [0.3, 0.4) is 0 Å². The Morgan fingerprint density at radius 1 is 0.962 bits per heavy atom. The van der Waals surface area contributed by atoms with Crippen molar-refractivity contribution in [2.75, 3.05) is 31.1 Å². The van der Waals surface area contributed by atoms with Crippen molar-refractivity contribution in [1.29, 1.82) is 0 Å². The zero-order valence-electron chi connectivity index (χ0n) is 16.9. The van der Waals surface area contributed by atoms with Crippen molar-refractivity contribution < 1.29 is 4.79 Å². The number of benzene rings is 1. The second-order valence-electron chi connectivity index (χ2n) is 8.50. The quantitative estimate of drug-likeness (QED) is 0.847. The molecule has 4 heteroatoms. The summed E-state index contributed by atoms with van der Waals surface area (Å²) in [6, 6.07) is 7.27. The lowest BCUT2D eigenvalue weighted by atomic mass is 9.91. The molecule has 0 aromatic heterocycles. The number of carbonyl (C=O) groups is 1. The van der Waals surface area contributed by atoms with Crippen LogP contribution >= 0.6 is 0 Å². The summed E-state index contributed by atoms with van der Waals surface area (Å²) >= 11 is 0. The van der Waals surface area contributed by atoms with Crippen LogP contribution in [0.2, 0.25) is 0 Å². The Bertz CT molecular complexity index is 586. The fourth-order valence-electron chi connectivity index (χ4n) is 4.35. The number of nitrogens with zero attached hydrogens (tertiary/aromatic N) is 2. The van der Waals surface area contributed by atoms with E-state index in [4.69, 9.17) is 0 Å². The van der Waals surface area contributed by atoms with E-state index in [0.29, 0.717) is 17.9 Å². The Labute approximate surface area is 158 Å². The number of urea groups is 1. The Morgan fingerprint density at radius 2 is 1.50 bits per heavy atom. The first-order valence-corrected chi connectivity index (χ1v) is 10.4. The summed E-state index contributed by atoms with van der Waals surface area (Å²) in [5.41, 5.74) is 4.27. The molecule has 1 saturated carbocycles. The van der Waals surface area contributed by atoms with Gasteiger partial charge in [0, 0.05) is 37.9 Å². The number of amides is 2. The summed E-state index contributed by atoms with van der Waals surface area (Å²) in [7, 11) is 0. The van der Waals surface area contributed by atoms with Crippen molar-refractivity contribution in [3.8, 4) is 0 Å². The molecule has 1 aliphatic heterocycles. The Kier molecular flexibility index (Phi) is 6.10. The van der Waals surface area contributed by atoms with E-state index in [1.807, 2.05) is 4.90 Å². The summed E-state index contributed by atoms with van der Waals surface area (Å²) in [4.78, 5) is 17.0. The summed E-state index contributed by atoms with van der Waals surface area (Å²) in [5.74, 6) is 1.01. The van der Waals surface area contributed by atoms with E-state index in [1.54, 1.807) is 0 Å². The number of para-hydroxylation sites is 1. The van der Waals surface area contributed by atoms with Gasteiger partial charge >= 0.3 is 6.03 Å². The third-order valence-corrected chi connectivity index (χ3v) is 5.91. The minimum absolute atomic E-state index is 0.137. The van der Waals surface area contributed by atoms with E-state index in [1.165, 1.54) is 29.7 Å². The second kappa shape index (κ2) is 8.32. The highest BCUT2D eigenvalue weighted by molar-refractivity contribution is 5.75. The van der Waals surface area contributed by atoms with E-state index in [9.17, 15) is 4.79 Å². The molecule has 0 radical (unpaired) electrons. The van der Waals surface area contributed by atoms with Gasteiger partial charge in [-0.25, -0.2) is 4.79 Å². The first-order valence-electron chi connectivity index (χ1n) is 10.4. The van der Waals surface area contributed by atoms with Crippen molar-refractivity contribution in [1.82, 2.24) is 10.2 Å². The van der Waals surface area contributed by atoms with Crippen LogP contribution < -0.4 is 10.2 Å². The van der Waals surface area contributed by atoms with Gasteiger partial charge in [-0.3, -0.25) is 0 Å². The number of hydrogen-bond donors (Lipinski definition) is 1. The van der Waals surface area contributed by atoms with Gasteiger partial charge in [-0.2, -0.15) is 0 Å². The van der Waals surface area contributed by atoms with Gasteiger partial charge in [-0.05, 0) is 35.8 Å². The van der Waals surface area contributed by atoms with Crippen LogP contribution in [0.4, 0.5) is 10.5 Å². The topological polar surface area (TPSA) is 35.6 Å². The predicted octanol–water partition coefficient (Wildman–Crippen LogP) is 4.71. The van der Waals surface area contributed by atoms with Gasteiger partial charge < -0.3 is 15.1 Å².